The third-order valence-electron chi connectivity index (χ3n) is 5.33. The van der Waals surface area contributed by atoms with Crippen molar-refractivity contribution in [1.29, 1.82) is 0 Å². The van der Waals surface area contributed by atoms with E-state index >= 15 is 0 Å². The molecule has 2 aromatic rings. The quantitative estimate of drug-likeness (QED) is 0.464. The highest BCUT2D eigenvalue weighted by Gasteiger charge is 2.22. The molecule has 0 saturated carbocycles. The second-order valence-corrected chi connectivity index (χ2v) is 7.39. The van der Waals surface area contributed by atoms with Crippen molar-refractivity contribution in [3.8, 4) is 11.5 Å². The van der Waals surface area contributed by atoms with E-state index in [1.54, 1.807) is 14.2 Å². The lowest BCUT2D eigenvalue weighted by Gasteiger charge is -2.26. The van der Waals surface area contributed by atoms with Crippen LogP contribution in [0.25, 0.3) is 0 Å². The van der Waals surface area contributed by atoms with E-state index in [0.29, 0.717) is 6.42 Å². The summed E-state index contributed by atoms with van der Waals surface area (Å²) in [6, 6.07) is 16.1. The molecule has 0 aliphatic rings. The molecule has 4 heteroatoms. The van der Waals surface area contributed by atoms with Crippen molar-refractivity contribution in [2.75, 3.05) is 27.3 Å². The third kappa shape index (κ3) is 6.81. The topological polar surface area (TPSA) is 38.8 Å². The second kappa shape index (κ2) is 12.2. The van der Waals surface area contributed by atoms with Crippen molar-refractivity contribution >= 4 is 5.91 Å². The molecule has 29 heavy (non-hydrogen) atoms. The lowest BCUT2D eigenvalue weighted by molar-refractivity contribution is -0.131. The molecule has 2 aromatic carbocycles. The van der Waals surface area contributed by atoms with Crippen LogP contribution in [-0.4, -0.2) is 38.1 Å². The van der Waals surface area contributed by atoms with Gasteiger partial charge in [-0.25, -0.2) is 0 Å². The Labute approximate surface area is 175 Å². The van der Waals surface area contributed by atoms with E-state index in [4.69, 9.17) is 9.47 Å². The third-order valence-corrected chi connectivity index (χ3v) is 5.33. The van der Waals surface area contributed by atoms with Gasteiger partial charge in [0.1, 0.15) is 11.5 Å². The van der Waals surface area contributed by atoms with Gasteiger partial charge in [0.05, 0.1) is 14.2 Å². The highest BCUT2D eigenvalue weighted by molar-refractivity contribution is 5.77. The Morgan fingerprint density at radius 3 is 1.55 bits per heavy atom. The summed E-state index contributed by atoms with van der Waals surface area (Å²) in [5.74, 6) is 1.87. The lowest BCUT2D eigenvalue weighted by atomic mass is 9.88. The number of benzene rings is 2. The molecule has 0 heterocycles. The zero-order valence-corrected chi connectivity index (χ0v) is 18.3. The number of hydrogen-bond acceptors (Lipinski definition) is 3. The van der Waals surface area contributed by atoms with Crippen LogP contribution in [0.15, 0.2) is 48.5 Å². The molecule has 0 saturated heterocycles. The van der Waals surface area contributed by atoms with Gasteiger partial charge < -0.3 is 14.4 Å². The molecule has 0 aromatic heterocycles. The van der Waals surface area contributed by atoms with E-state index < -0.39 is 0 Å². The van der Waals surface area contributed by atoms with E-state index in [0.717, 1.165) is 61.4 Å². The Morgan fingerprint density at radius 1 is 0.793 bits per heavy atom. The van der Waals surface area contributed by atoms with E-state index in [1.807, 2.05) is 29.2 Å². The number of rotatable bonds is 12. The summed E-state index contributed by atoms with van der Waals surface area (Å²) in [7, 11) is 3.33. The summed E-state index contributed by atoms with van der Waals surface area (Å²) < 4.78 is 10.6. The van der Waals surface area contributed by atoms with Crippen molar-refractivity contribution in [1.82, 2.24) is 4.90 Å². The van der Waals surface area contributed by atoms with E-state index in [9.17, 15) is 4.79 Å². The average Bonchev–Trinajstić information content (AvgIpc) is 2.77. The second-order valence-electron chi connectivity index (χ2n) is 7.39. The van der Waals surface area contributed by atoms with Crippen molar-refractivity contribution in [3.63, 3.8) is 0 Å². The predicted octanol–water partition coefficient (Wildman–Crippen LogP) is 5.65. The first kappa shape index (κ1) is 22.8. The molecule has 0 aliphatic carbocycles. The van der Waals surface area contributed by atoms with Gasteiger partial charge in [0.2, 0.25) is 5.91 Å². The van der Waals surface area contributed by atoms with Crippen LogP contribution in [-0.2, 0) is 4.79 Å². The van der Waals surface area contributed by atoms with Crippen LogP contribution in [0.2, 0.25) is 0 Å². The normalized spacial score (nSPS) is 10.8. The van der Waals surface area contributed by atoms with E-state index in [2.05, 4.69) is 38.1 Å². The van der Waals surface area contributed by atoms with Gasteiger partial charge in [-0.15, -0.1) is 0 Å². The Morgan fingerprint density at radius 2 is 1.21 bits per heavy atom. The summed E-state index contributed by atoms with van der Waals surface area (Å²) in [6.07, 6.45) is 4.75. The number of carbonyl (C=O) groups is 1. The van der Waals surface area contributed by atoms with E-state index in [1.165, 1.54) is 0 Å². The summed E-state index contributed by atoms with van der Waals surface area (Å²) in [6.45, 7) is 6.01. The molecule has 0 spiro atoms. The minimum Gasteiger partial charge on any atom is -0.497 e. The van der Waals surface area contributed by atoms with Crippen LogP contribution in [0.4, 0.5) is 0 Å². The highest BCUT2D eigenvalue weighted by atomic mass is 16.5. The minimum atomic E-state index is 0.00469. The Kier molecular flexibility index (Phi) is 9.55. The average molecular weight is 398 g/mol. The summed E-state index contributed by atoms with van der Waals surface area (Å²) in [5.41, 5.74) is 2.24. The van der Waals surface area contributed by atoms with Crippen LogP contribution in [0.3, 0.4) is 0 Å². The van der Waals surface area contributed by atoms with Gasteiger partial charge in [-0.1, -0.05) is 51.0 Å². The first-order chi connectivity index (χ1) is 14.1. The predicted molar refractivity (Wildman–Crippen MR) is 119 cm³/mol. The van der Waals surface area contributed by atoms with Gasteiger partial charge in [0.25, 0.3) is 0 Å². The van der Waals surface area contributed by atoms with Gasteiger partial charge in [-0.2, -0.15) is 0 Å². The zero-order chi connectivity index (χ0) is 21.1. The number of methoxy groups -OCH3 is 2. The molecule has 0 atom stereocenters. The molecular weight excluding hydrogens is 362 g/mol. The first-order valence-corrected chi connectivity index (χ1v) is 10.7. The molecule has 0 N–H and O–H groups in total. The maximum absolute atomic E-state index is 13.2. The standard InChI is InChI=1S/C25H35NO3/c1-5-7-17-26(18-8-6-2)25(27)19-24(20-9-13-22(28-3)14-10-20)21-11-15-23(29-4)16-12-21/h9-16,24H,5-8,17-19H2,1-4H3. The van der Waals surface area contributed by atoms with Gasteiger partial charge in [0.15, 0.2) is 0 Å². The van der Waals surface area contributed by atoms with E-state index in [-0.39, 0.29) is 11.8 Å². The van der Waals surface area contributed by atoms with Crippen LogP contribution in [0.1, 0.15) is 63.0 Å². The SMILES string of the molecule is CCCCN(CCCC)C(=O)CC(c1ccc(OC)cc1)c1ccc(OC)cc1. The Balaban J connectivity index is 2.27. The molecule has 4 nitrogen and oxygen atoms in total. The van der Waals surface area contributed by atoms with Crippen molar-refractivity contribution in [2.45, 2.75) is 51.9 Å². The van der Waals surface area contributed by atoms with Gasteiger partial charge in [-0.3, -0.25) is 4.79 Å². The van der Waals surface area contributed by atoms with Crippen molar-refractivity contribution in [2.24, 2.45) is 0 Å². The highest BCUT2D eigenvalue weighted by Crippen LogP contribution is 2.31. The number of carbonyl (C=O) groups excluding carboxylic acids is 1. The van der Waals surface area contributed by atoms with Crippen LogP contribution >= 0.6 is 0 Å². The Bertz CT molecular complexity index is 669. The fourth-order valence-electron chi connectivity index (χ4n) is 3.46. The molecule has 2 rings (SSSR count). The molecule has 1 amide bonds. The monoisotopic (exact) mass is 397 g/mol. The Hall–Kier alpha value is -2.49. The smallest absolute Gasteiger partial charge is 0.223 e. The number of nitrogens with zero attached hydrogens (tertiary/aromatic N) is 1. The number of hydrogen-bond donors (Lipinski definition) is 0. The van der Waals surface area contributed by atoms with Gasteiger partial charge in [-0.05, 0) is 48.2 Å². The number of unbranched alkanes of at least 4 members (excludes halogenated alkanes) is 2. The molecule has 0 fully saturated rings. The first-order valence-electron chi connectivity index (χ1n) is 10.7. The van der Waals surface area contributed by atoms with Crippen molar-refractivity contribution < 1.29 is 14.3 Å². The molecule has 0 radical (unpaired) electrons. The molecule has 158 valence electrons. The fraction of sp³-hybridized carbons (Fsp3) is 0.480. The fourth-order valence-corrected chi connectivity index (χ4v) is 3.46. The largest absolute Gasteiger partial charge is 0.497 e. The maximum Gasteiger partial charge on any atom is 0.223 e. The summed E-state index contributed by atoms with van der Waals surface area (Å²) in [5, 5.41) is 0. The van der Waals surface area contributed by atoms with Crippen LogP contribution < -0.4 is 9.47 Å². The molecule has 0 aliphatic heterocycles. The van der Waals surface area contributed by atoms with Gasteiger partial charge >= 0.3 is 0 Å². The lowest BCUT2D eigenvalue weighted by Crippen LogP contribution is -2.34. The summed E-state index contributed by atoms with van der Waals surface area (Å²) in [4.78, 5) is 15.3. The van der Waals surface area contributed by atoms with Crippen LogP contribution in [0.5, 0.6) is 11.5 Å². The number of amides is 1. The van der Waals surface area contributed by atoms with Crippen molar-refractivity contribution in [3.05, 3.63) is 59.7 Å². The minimum absolute atomic E-state index is 0.00469. The zero-order valence-electron chi connectivity index (χ0n) is 18.3. The van der Waals surface area contributed by atoms with Crippen LogP contribution in [0, 0.1) is 0 Å². The molecule has 0 bridgehead atoms. The number of ether oxygens (including phenoxy) is 2. The summed E-state index contributed by atoms with van der Waals surface area (Å²) >= 11 is 0. The molecule has 0 unspecified atom stereocenters. The van der Waals surface area contributed by atoms with Gasteiger partial charge in [0, 0.05) is 25.4 Å². The maximum atomic E-state index is 13.2. The molecular formula is C25H35NO3.